The third-order valence-electron chi connectivity index (χ3n) is 6.67. The van der Waals surface area contributed by atoms with Crippen molar-refractivity contribution in [1.82, 2.24) is 0 Å². The summed E-state index contributed by atoms with van der Waals surface area (Å²) < 4.78 is 57.9. The lowest BCUT2D eigenvalue weighted by molar-refractivity contribution is -0.152. The van der Waals surface area contributed by atoms with Gasteiger partial charge in [0.1, 0.15) is 17.0 Å². The van der Waals surface area contributed by atoms with Crippen LogP contribution in [0.4, 0.5) is 17.6 Å². The summed E-state index contributed by atoms with van der Waals surface area (Å²) in [6.07, 6.45) is -3.06. The van der Waals surface area contributed by atoms with Crippen LogP contribution in [0.1, 0.15) is 49.0 Å². The number of esters is 1. The molecule has 0 saturated heterocycles. The van der Waals surface area contributed by atoms with Crippen molar-refractivity contribution in [2.45, 2.75) is 44.9 Å². The minimum Gasteiger partial charge on any atom is -0.457 e. The molecule has 0 aromatic heterocycles. The Labute approximate surface area is 189 Å². The van der Waals surface area contributed by atoms with Crippen molar-refractivity contribution in [2.24, 2.45) is 17.3 Å². The molecular formula is C25H23ClF4O2. The Hall–Kier alpha value is -2.34. The molecule has 1 saturated carbocycles. The number of carbonyl (C=O) groups is 1. The minimum atomic E-state index is -4.64. The fraction of sp³-hybridized carbons (Fsp3) is 0.400. The van der Waals surface area contributed by atoms with Gasteiger partial charge in [-0.2, -0.15) is 13.2 Å². The maximum Gasteiger partial charge on any atom is 0.426 e. The molecule has 2 aromatic rings. The van der Waals surface area contributed by atoms with Crippen molar-refractivity contribution in [3.8, 4) is 0 Å². The van der Waals surface area contributed by atoms with Gasteiger partial charge in [-0.05, 0) is 58.9 Å². The lowest BCUT2D eigenvalue weighted by Crippen LogP contribution is -2.14. The smallest absolute Gasteiger partial charge is 0.426 e. The Morgan fingerprint density at radius 3 is 2.50 bits per heavy atom. The Morgan fingerprint density at radius 1 is 1.16 bits per heavy atom. The first-order valence-electron chi connectivity index (χ1n) is 10.5. The highest BCUT2D eigenvalue weighted by Crippen LogP contribution is 2.61. The SMILES string of the molecule is CC1(C)C(/C=C(\Cl)C(F)(F)F)C1C(=O)O[C@@H]1C[C@@H](Cc2cccc(F)c2)c2ccccc21. The number of benzene rings is 2. The molecule has 0 radical (unpaired) electrons. The molecule has 0 heterocycles. The van der Waals surface area contributed by atoms with Crippen LogP contribution in [0.25, 0.3) is 0 Å². The predicted octanol–water partition coefficient (Wildman–Crippen LogP) is 7.10. The van der Waals surface area contributed by atoms with E-state index in [1.165, 1.54) is 12.1 Å². The summed E-state index contributed by atoms with van der Waals surface area (Å²) in [5, 5.41) is -1.22. The minimum absolute atomic E-state index is 0.0494. The molecule has 4 rings (SSSR count). The number of halogens is 5. The highest BCUT2D eigenvalue weighted by atomic mass is 35.5. The second-order valence-corrected chi connectivity index (χ2v) is 9.57. The number of hydrogen-bond acceptors (Lipinski definition) is 2. The molecule has 2 unspecified atom stereocenters. The van der Waals surface area contributed by atoms with E-state index in [1.807, 2.05) is 30.3 Å². The van der Waals surface area contributed by atoms with E-state index in [1.54, 1.807) is 19.9 Å². The molecular weight excluding hydrogens is 444 g/mol. The first kappa shape index (κ1) is 22.8. The third-order valence-corrected chi connectivity index (χ3v) is 7.01. The summed E-state index contributed by atoms with van der Waals surface area (Å²) in [6, 6.07) is 14.1. The highest BCUT2D eigenvalue weighted by Gasteiger charge is 2.62. The molecule has 0 N–H and O–H groups in total. The van der Waals surface area contributed by atoms with Crippen LogP contribution in [0.2, 0.25) is 0 Å². The second-order valence-electron chi connectivity index (χ2n) is 9.16. The lowest BCUT2D eigenvalue weighted by Gasteiger charge is -2.15. The van der Waals surface area contributed by atoms with Gasteiger partial charge in [-0.3, -0.25) is 4.79 Å². The van der Waals surface area contributed by atoms with Gasteiger partial charge in [0.2, 0.25) is 0 Å². The third kappa shape index (κ3) is 4.42. The number of hydrogen-bond donors (Lipinski definition) is 0. The first-order chi connectivity index (χ1) is 15.0. The van der Waals surface area contributed by atoms with E-state index >= 15 is 0 Å². The number of carbonyl (C=O) groups excluding carboxylic acids is 1. The van der Waals surface area contributed by atoms with Gasteiger partial charge in [0, 0.05) is 0 Å². The van der Waals surface area contributed by atoms with Gasteiger partial charge >= 0.3 is 12.1 Å². The maximum atomic E-state index is 13.6. The van der Waals surface area contributed by atoms with E-state index in [2.05, 4.69) is 0 Å². The fourth-order valence-corrected chi connectivity index (χ4v) is 4.98. The average Bonchev–Trinajstić information content (AvgIpc) is 3.08. The van der Waals surface area contributed by atoms with Gasteiger partial charge in [0.15, 0.2) is 0 Å². The number of rotatable bonds is 5. The fourth-order valence-electron chi connectivity index (χ4n) is 4.85. The summed E-state index contributed by atoms with van der Waals surface area (Å²) in [5.41, 5.74) is 2.12. The van der Waals surface area contributed by atoms with Crippen LogP contribution in [0.15, 0.2) is 59.6 Å². The summed E-state index contributed by atoms with van der Waals surface area (Å²) in [6.45, 7) is 3.46. The zero-order chi connectivity index (χ0) is 23.3. The molecule has 1 fully saturated rings. The van der Waals surface area contributed by atoms with E-state index in [4.69, 9.17) is 16.3 Å². The normalized spacial score (nSPS) is 26.5. The van der Waals surface area contributed by atoms with E-state index in [0.717, 1.165) is 22.8 Å². The molecule has 2 aromatic carbocycles. The van der Waals surface area contributed by atoms with Crippen molar-refractivity contribution in [3.63, 3.8) is 0 Å². The first-order valence-corrected chi connectivity index (χ1v) is 10.8. The van der Waals surface area contributed by atoms with Crippen LogP contribution >= 0.6 is 11.6 Å². The van der Waals surface area contributed by atoms with Crippen LogP contribution in [-0.2, 0) is 16.0 Å². The van der Waals surface area contributed by atoms with Gasteiger partial charge in [0.25, 0.3) is 0 Å². The van der Waals surface area contributed by atoms with Crippen LogP contribution in [0.3, 0.4) is 0 Å². The Morgan fingerprint density at radius 2 is 1.84 bits per heavy atom. The molecule has 2 aliphatic rings. The van der Waals surface area contributed by atoms with E-state index < -0.39 is 40.5 Å². The van der Waals surface area contributed by atoms with Crippen molar-refractivity contribution in [2.75, 3.05) is 0 Å². The predicted molar refractivity (Wildman–Crippen MR) is 113 cm³/mol. The molecule has 0 spiro atoms. The van der Waals surface area contributed by atoms with E-state index in [9.17, 15) is 22.4 Å². The largest absolute Gasteiger partial charge is 0.457 e. The number of ether oxygens (including phenoxy) is 1. The Kier molecular flexibility index (Phi) is 5.86. The topological polar surface area (TPSA) is 26.3 Å². The quantitative estimate of drug-likeness (QED) is 0.347. The van der Waals surface area contributed by atoms with Crippen molar-refractivity contribution >= 4 is 17.6 Å². The summed E-state index contributed by atoms with van der Waals surface area (Å²) >= 11 is 5.39. The van der Waals surface area contributed by atoms with Gasteiger partial charge in [-0.25, -0.2) is 4.39 Å². The van der Waals surface area contributed by atoms with Crippen LogP contribution in [0.5, 0.6) is 0 Å². The summed E-state index contributed by atoms with van der Waals surface area (Å²) in [4.78, 5) is 12.9. The van der Waals surface area contributed by atoms with Crippen LogP contribution in [-0.4, -0.2) is 12.1 Å². The van der Waals surface area contributed by atoms with Crippen molar-refractivity contribution in [1.29, 1.82) is 0 Å². The molecule has 32 heavy (non-hydrogen) atoms. The van der Waals surface area contributed by atoms with Crippen molar-refractivity contribution in [3.05, 3.63) is 82.1 Å². The maximum absolute atomic E-state index is 13.6. The summed E-state index contributed by atoms with van der Waals surface area (Å²) in [5.74, 6) is -2.09. The highest BCUT2D eigenvalue weighted by molar-refractivity contribution is 6.30. The van der Waals surface area contributed by atoms with Gasteiger partial charge in [0.05, 0.1) is 5.92 Å². The number of fused-ring (bicyclic) bond motifs is 1. The zero-order valence-corrected chi connectivity index (χ0v) is 18.4. The molecule has 0 aliphatic heterocycles. The average molecular weight is 467 g/mol. The molecule has 4 atom stereocenters. The number of allylic oxidation sites excluding steroid dienone is 2. The van der Waals surface area contributed by atoms with Crippen molar-refractivity contribution < 1.29 is 27.1 Å². The van der Waals surface area contributed by atoms with Crippen LogP contribution < -0.4 is 0 Å². The van der Waals surface area contributed by atoms with Gasteiger partial charge in [-0.15, -0.1) is 0 Å². The van der Waals surface area contributed by atoms with Gasteiger partial charge in [-0.1, -0.05) is 67.9 Å². The monoisotopic (exact) mass is 466 g/mol. The van der Waals surface area contributed by atoms with Gasteiger partial charge < -0.3 is 4.74 Å². The zero-order valence-electron chi connectivity index (χ0n) is 17.6. The van der Waals surface area contributed by atoms with Crippen LogP contribution in [0, 0.1) is 23.1 Å². The standard InChI is InChI=1S/C25H23ClF4O2/c1-24(2)19(13-21(26)25(28,29)30)22(24)23(31)32-20-12-15(17-8-3-4-9-18(17)20)10-14-6-5-7-16(27)11-14/h3-9,11,13,15,19-20,22H,10,12H2,1-2H3/b21-13-/t15-,19?,20-,22?/m1/s1. The Balaban J connectivity index is 1.49. The Bertz CT molecular complexity index is 1060. The molecule has 0 bridgehead atoms. The van der Waals surface area contributed by atoms with E-state index in [-0.39, 0.29) is 11.7 Å². The summed E-state index contributed by atoms with van der Waals surface area (Å²) in [7, 11) is 0. The molecule has 0 amide bonds. The molecule has 7 heteroatoms. The molecule has 170 valence electrons. The molecule has 2 aliphatic carbocycles. The number of alkyl halides is 3. The lowest BCUT2D eigenvalue weighted by atomic mass is 9.93. The van der Waals surface area contributed by atoms with E-state index in [0.29, 0.717) is 12.8 Å². The second kappa shape index (κ2) is 8.22. The molecule has 2 nitrogen and oxygen atoms in total.